The largest absolute Gasteiger partial charge is 0.295 e. The highest BCUT2D eigenvalue weighted by molar-refractivity contribution is 5.97. The topological polar surface area (TPSA) is 42.9 Å². The van der Waals surface area contributed by atoms with Gasteiger partial charge in [0.1, 0.15) is 0 Å². The first-order valence-electron chi connectivity index (χ1n) is 6.07. The Balaban J connectivity index is 2.12. The van der Waals surface area contributed by atoms with Crippen molar-refractivity contribution in [3.05, 3.63) is 60.3 Å². The van der Waals surface area contributed by atoms with Crippen LogP contribution in [0.25, 0.3) is 22.3 Å². The van der Waals surface area contributed by atoms with Crippen molar-refractivity contribution in [1.82, 2.24) is 9.97 Å². The number of aromatic nitrogens is 2. The van der Waals surface area contributed by atoms with Crippen LogP contribution in [0.4, 0.5) is 0 Å². The minimum absolute atomic E-state index is 0.0378. The van der Waals surface area contributed by atoms with E-state index < -0.39 is 0 Å². The second kappa shape index (κ2) is 4.61. The number of carbonyl (C=O) groups is 1. The molecule has 3 aromatic rings. The van der Waals surface area contributed by atoms with Crippen LogP contribution in [-0.2, 0) is 0 Å². The Kier molecular flexibility index (Phi) is 2.80. The highest BCUT2D eigenvalue weighted by Crippen LogP contribution is 2.19. The smallest absolute Gasteiger partial charge is 0.159 e. The Labute approximate surface area is 111 Å². The molecule has 3 rings (SSSR count). The molecule has 0 saturated carbocycles. The Hall–Kier alpha value is -2.55. The molecule has 0 unspecified atom stereocenters. The van der Waals surface area contributed by atoms with Crippen LogP contribution < -0.4 is 0 Å². The number of carbonyl (C=O) groups excluding carboxylic acids is 1. The van der Waals surface area contributed by atoms with Crippen molar-refractivity contribution in [2.24, 2.45) is 0 Å². The molecule has 0 atom stereocenters. The molecule has 1 heterocycles. The maximum absolute atomic E-state index is 11.3. The van der Waals surface area contributed by atoms with Crippen molar-refractivity contribution in [3.8, 4) is 11.3 Å². The Bertz CT molecular complexity index is 751. The van der Waals surface area contributed by atoms with E-state index in [1.54, 1.807) is 25.3 Å². The molecule has 0 spiro atoms. The first-order chi connectivity index (χ1) is 9.24. The summed E-state index contributed by atoms with van der Waals surface area (Å²) in [5, 5.41) is 0. The molecule has 0 saturated heterocycles. The average Bonchev–Trinajstić information content (AvgIpc) is 2.47. The molecule has 0 aliphatic carbocycles. The lowest BCUT2D eigenvalue weighted by atomic mass is 10.1. The number of Topliss-reactive ketones (excluding diaryl/α,β-unsaturated/α-hetero) is 1. The minimum Gasteiger partial charge on any atom is -0.295 e. The van der Waals surface area contributed by atoms with Crippen LogP contribution in [0.5, 0.6) is 0 Å². The van der Waals surface area contributed by atoms with Crippen LogP contribution in [0.15, 0.2) is 54.7 Å². The Morgan fingerprint density at radius 3 is 2.53 bits per heavy atom. The Morgan fingerprint density at radius 1 is 1.00 bits per heavy atom. The summed E-state index contributed by atoms with van der Waals surface area (Å²) >= 11 is 0. The average molecular weight is 248 g/mol. The molecule has 2 aromatic carbocycles. The second-order valence-corrected chi connectivity index (χ2v) is 4.38. The van der Waals surface area contributed by atoms with Crippen molar-refractivity contribution in [2.45, 2.75) is 6.92 Å². The number of hydrogen-bond acceptors (Lipinski definition) is 3. The molecule has 0 fully saturated rings. The molecule has 19 heavy (non-hydrogen) atoms. The maximum atomic E-state index is 11.3. The van der Waals surface area contributed by atoms with Gasteiger partial charge < -0.3 is 0 Å². The molecule has 3 heteroatoms. The zero-order valence-electron chi connectivity index (χ0n) is 10.5. The third-order valence-corrected chi connectivity index (χ3v) is 3.02. The van der Waals surface area contributed by atoms with Crippen LogP contribution in [0.3, 0.4) is 0 Å². The van der Waals surface area contributed by atoms with Gasteiger partial charge in [0.2, 0.25) is 0 Å². The lowest BCUT2D eigenvalue weighted by Crippen LogP contribution is -1.94. The lowest BCUT2D eigenvalue weighted by molar-refractivity contribution is 0.101. The van der Waals surface area contributed by atoms with E-state index in [1.807, 2.05) is 36.4 Å². The standard InChI is InChI=1S/C16H12N2O/c1-11(19)13-7-8-14-15(9-13)17-10-16(18-14)12-5-3-2-4-6-12/h2-10H,1H3. The van der Waals surface area contributed by atoms with Gasteiger partial charge in [0.15, 0.2) is 5.78 Å². The number of rotatable bonds is 2. The van der Waals surface area contributed by atoms with Crippen molar-refractivity contribution >= 4 is 16.8 Å². The van der Waals surface area contributed by atoms with E-state index in [-0.39, 0.29) is 5.78 Å². The summed E-state index contributed by atoms with van der Waals surface area (Å²) in [7, 11) is 0. The van der Waals surface area contributed by atoms with E-state index in [1.165, 1.54) is 0 Å². The first kappa shape index (κ1) is 11.5. The first-order valence-corrected chi connectivity index (χ1v) is 6.07. The predicted molar refractivity (Wildman–Crippen MR) is 75.0 cm³/mol. The molecule has 0 bridgehead atoms. The second-order valence-electron chi connectivity index (χ2n) is 4.38. The van der Waals surface area contributed by atoms with Gasteiger partial charge in [-0.15, -0.1) is 0 Å². The number of ketones is 1. The fraction of sp³-hybridized carbons (Fsp3) is 0.0625. The van der Waals surface area contributed by atoms with Crippen LogP contribution in [0, 0.1) is 0 Å². The predicted octanol–water partition coefficient (Wildman–Crippen LogP) is 3.50. The molecule has 1 aromatic heterocycles. The van der Waals surface area contributed by atoms with Gasteiger partial charge in [0.05, 0.1) is 22.9 Å². The summed E-state index contributed by atoms with van der Waals surface area (Å²) in [5.41, 5.74) is 4.07. The maximum Gasteiger partial charge on any atom is 0.159 e. The molecule has 0 aliphatic heterocycles. The summed E-state index contributed by atoms with van der Waals surface area (Å²) in [6.07, 6.45) is 1.74. The van der Waals surface area contributed by atoms with Gasteiger partial charge in [0, 0.05) is 11.1 Å². The molecule has 0 radical (unpaired) electrons. The summed E-state index contributed by atoms with van der Waals surface area (Å²) in [5.74, 6) is 0.0378. The van der Waals surface area contributed by atoms with E-state index >= 15 is 0 Å². The molecule has 3 nitrogen and oxygen atoms in total. The van der Waals surface area contributed by atoms with Crippen LogP contribution >= 0.6 is 0 Å². The van der Waals surface area contributed by atoms with Gasteiger partial charge in [-0.1, -0.05) is 30.3 Å². The van der Waals surface area contributed by atoms with Gasteiger partial charge in [-0.2, -0.15) is 0 Å². The SMILES string of the molecule is CC(=O)c1ccc2nc(-c3ccccc3)cnc2c1. The zero-order chi connectivity index (χ0) is 13.2. The van der Waals surface area contributed by atoms with E-state index in [0.717, 1.165) is 22.3 Å². The van der Waals surface area contributed by atoms with Crippen LogP contribution in [-0.4, -0.2) is 15.8 Å². The van der Waals surface area contributed by atoms with Gasteiger partial charge in [-0.3, -0.25) is 9.78 Å². The number of fused-ring (bicyclic) bond motifs is 1. The third-order valence-electron chi connectivity index (χ3n) is 3.02. The van der Waals surface area contributed by atoms with Crippen molar-refractivity contribution < 1.29 is 4.79 Å². The molecular weight excluding hydrogens is 236 g/mol. The highest BCUT2D eigenvalue weighted by atomic mass is 16.1. The van der Waals surface area contributed by atoms with Crippen LogP contribution in [0.2, 0.25) is 0 Å². The normalized spacial score (nSPS) is 10.6. The summed E-state index contributed by atoms with van der Waals surface area (Å²) < 4.78 is 0. The van der Waals surface area contributed by atoms with E-state index in [4.69, 9.17) is 0 Å². The molecule has 0 amide bonds. The fourth-order valence-corrected chi connectivity index (χ4v) is 1.98. The molecule has 0 N–H and O–H groups in total. The van der Waals surface area contributed by atoms with Gasteiger partial charge >= 0.3 is 0 Å². The summed E-state index contributed by atoms with van der Waals surface area (Å²) in [6.45, 7) is 1.55. The lowest BCUT2D eigenvalue weighted by Gasteiger charge is -2.03. The number of nitrogens with zero attached hydrogens (tertiary/aromatic N) is 2. The van der Waals surface area contributed by atoms with E-state index in [9.17, 15) is 4.79 Å². The molecular formula is C16H12N2O. The quantitative estimate of drug-likeness (QED) is 0.652. The highest BCUT2D eigenvalue weighted by Gasteiger charge is 2.05. The van der Waals surface area contributed by atoms with Crippen molar-refractivity contribution in [2.75, 3.05) is 0 Å². The number of benzene rings is 2. The van der Waals surface area contributed by atoms with Gasteiger partial charge in [0.25, 0.3) is 0 Å². The fourth-order valence-electron chi connectivity index (χ4n) is 1.98. The summed E-state index contributed by atoms with van der Waals surface area (Å²) in [6, 6.07) is 15.3. The number of hydrogen-bond donors (Lipinski definition) is 0. The van der Waals surface area contributed by atoms with E-state index in [0.29, 0.717) is 5.56 Å². The summed E-state index contributed by atoms with van der Waals surface area (Å²) in [4.78, 5) is 20.3. The van der Waals surface area contributed by atoms with Crippen molar-refractivity contribution in [1.29, 1.82) is 0 Å². The van der Waals surface area contributed by atoms with Gasteiger partial charge in [-0.25, -0.2) is 4.98 Å². The third kappa shape index (κ3) is 2.22. The van der Waals surface area contributed by atoms with Gasteiger partial charge in [-0.05, 0) is 25.1 Å². The monoisotopic (exact) mass is 248 g/mol. The molecule has 0 aliphatic rings. The van der Waals surface area contributed by atoms with E-state index in [2.05, 4.69) is 9.97 Å². The minimum atomic E-state index is 0.0378. The zero-order valence-corrected chi connectivity index (χ0v) is 10.5. The van der Waals surface area contributed by atoms with Crippen molar-refractivity contribution in [3.63, 3.8) is 0 Å². The van der Waals surface area contributed by atoms with Crippen LogP contribution in [0.1, 0.15) is 17.3 Å². The Morgan fingerprint density at radius 2 is 1.79 bits per heavy atom. The molecule has 92 valence electrons.